The van der Waals surface area contributed by atoms with E-state index < -0.39 is 0 Å². The van der Waals surface area contributed by atoms with Crippen LogP contribution in [-0.4, -0.2) is 29.7 Å². The number of nitrogens with zero attached hydrogens (tertiary/aromatic N) is 1. The smallest absolute Gasteiger partial charge is 0.293 e. The first kappa shape index (κ1) is 23.8. The van der Waals surface area contributed by atoms with Crippen LogP contribution < -0.4 is 9.47 Å². The van der Waals surface area contributed by atoms with Crippen molar-refractivity contribution in [2.75, 3.05) is 13.7 Å². The number of rotatable bonds is 7. The number of carbonyl (C=O) groups excluding carboxylic acids is 2. The molecule has 1 heterocycles. The standard InChI is InChI=1S/C25H25BrFNO4S/c1-31-21-12-17(11-19(26)23(21)32-15-18-9-5-6-10-20(18)27)13-22-24(29)28(25(30)33-22)14-16-7-3-2-4-8-16/h5-6,9-13,16H,2-4,7-8,14-15H2,1H3/b22-13+. The number of thioether (sulfide) groups is 1. The molecule has 2 aliphatic rings. The first-order valence-corrected chi connectivity index (χ1v) is 12.6. The lowest BCUT2D eigenvalue weighted by molar-refractivity contribution is -0.123. The number of imide groups is 1. The van der Waals surface area contributed by atoms with Crippen molar-refractivity contribution >= 4 is 44.9 Å². The summed E-state index contributed by atoms with van der Waals surface area (Å²) in [6.45, 7) is 0.541. The van der Waals surface area contributed by atoms with Gasteiger partial charge in [-0.2, -0.15) is 0 Å². The SMILES string of the molecule is COc1cc(/C=C2/SC(=O)N(CC3CCCCC3)C2=O)cc(Br)c1OCc1ccccc1F. The fourth-order valence-electron chi connectivity index (χ4n) is 4.17. The average molecular weight is 534 g/mol. The maximum atomic E-state index is 13.9. The number of amides is 2. The van der Waals surface area contributed by atoms with Gasteiger partial charge in [0.25, 0.3) is 11.1 Å². The maximum absolute atomic E-state index is 13.9. The first-order chi connectivity index (χ1) is 16.0. The molecule has 2 fully saturated rings. The molecule has 2 amide bonds. The van der Waals surface area contributed by atoms with Crippen LogP contribution >= 0.6 is 27.7 Å². The number of benzene rings is 2. The molecule has 1 aliphatic heterocycles. The lowest BCUT2D eigenvalue weighted by Crippen LogP contribution is -2.34. The van der Waals surface area contributed by atoms with E-state index in [-0.39, 0.29) is 23.6 Å². The van der Waals surface area contributed by atoms with Gasteiger partial charge >= 0.3 is 0 Å². The van der Waals surface area contributed by atoms with Crippen LogP contribution in [0.4, 0.5) is 9.18 Å². The molecule has 5 nitrogen and oxygen atoms in total. The van der Waals surface area contributed by atoms with E-state index in [0.717, 1.165) is 37.4 Å². The monoisotopic (exact) mass is 533 g/mol. The first-order valence-electron chi connectivity index (χ1n) is 11.0. The molecular weight excluding hydrogens is 509 g/mol. The average Bonchev–Trinajstić information content (AvgIpc) is 3.07. The summed E-state index contributed by atoms with van der Waals surface area (Å²) in [5.74, 6) is 0.683. The molecule has 0 aromatic heterocycles. The van der Waals surface area contributed by atoms with Crippen molar-refractivity contribution in [2.45, 2.75) is 38.7 Å². The molecule has 2 aromatic rings. The normalized spacial score (nSPS) is 18.3. The Balaban J connectivity index is 1.50. The van der Waals surface area contributed by atoms with Crippen molar-refractivity contribution in [1.82, 2.24) is 4.90 Å². The number of carbonyl (C=O) groups is 2. The molecule has 0 radical (unpaired) electrons. The minimum Gasteiger partial charge on any atom is -0.493 e. The number of halogens is 2. The molecule has 8 heteroatoms. The van der Waals surface area contributed by atoms with Crippen LogP contribution in [0.15, 0.2) is 45.8 Å². The highest BCUT2D eigenvalue weighted by Crippen LogP contribution is 2.40. The second-order valence-corrected chi connectivity index (χ2v) is 10.1. The summed E-state index contributed by atoms with van der Waals surface area (Å²) >= 11 is 4.46. The summed E-state index contributed by atoms with van der Waals surface area (Å²) in [6, 6.07) is 9.94. The summed E-state index contributed by atoms with van der Waals surface area (Å²) in [5, 5.41) is -0.215. The molecule has 0 bridgehead atoms. The van der Waals surface area contributed by atoms with Crippen LogP contribution in [0.25, 0.3) is 6.08 Å². The van der Waals surface area contributed by atoms with Gasteiger partial charge in [0.2, 0.25) is 0 Å². The van der Waals surface area contributed by atoms with Crippen molar-refractivity contribution in [3.8, 4) is 11.5 Å². The van der Waals surface area contributed by atoms with Crippen LogP contribution in [0, 0.1) is 11.7 Å². The summed E-state index contributed by atoms with van der Waals surface area (Å²) in [4.78, 5) is 27.2. The van der Waals surface area contributed by atoms with E-state index in [1.807, 2.05) is 0 Å². The van der Waals surface area contributed by atoms with Crippen molar-refractivity contribution in [1.29, 1.82) is 0 Å². The van der Waals surface area contributed by atoms with E-state index in [1.165, 1.54) is 24.5 Å². The predicted molar refractivity (Wildman–Crippen MR) is 131 cm³/mol. The van der Waals surface area contributed by atoms with E-state index in [0.29, 0.717) is 44.5 Å². The molecule has 33 heavy (non-hydrogen) atoms. The Morgan fingerprint density at radius 1 is 1.18 bits per heavy atom. The lowest BCUT2D eigenvalue weighted by Gasteiger charge is -2.25. The molecule has 0 spiro atoms. The number of hydrogen-bond donors (Lipinski definition) is 0. The molecule has 0 unspecified atom stereocenters. The quantitative estimate of drug-likeness (QED) is 0.366. The minimum atomic E-state index is -0.340. The summed E-state index contributed by atoms with van der Waals surface area (Å²) < 4.78 is 25.8. The van der Waals surface area contributed by atoms with Crippen molar-refractivity contribution < 1.29 is 23.5 Å². The Kier molecular flexibility index (Phi) is 7.75. The van der Waals surface area contributed by atoms with E-state index in [4.69, 9.17) is 9.47 Å². The van der Waals surface area contributed by atoms with Gasteiger partial charge in [-0.3, -0.25) is 14.5 Å². The van der Waals surface area contributed by atoms with Gasteiger partial charge in [-0.15, -0.1) is 0 Å². The fraction of sp³-hybridized carbons (Fsp3) is 0.360. The molecular formula is C25H25BrFNO4S. The lowest BCUT2D eigenvalue weighted by atomic mass is 9.89. The molecule has 1 aliphatic carbocycles. The van der Waals surface area contributed by atoms with E-state index >= 15 is 0 Å². The molecule has 0 atom stereocenters. The molecule has 2 aromatic carbocycles. The molecule has 4 rings (SSSR count). The van der Waals surface area contributed by atoms with Gasteiger partial charge in [-0.25, -0.2) is 4.39 Å². The fourth-order valence-corrected chi connectivity index (χ4v) is 5.59. The predicted octanol–water partition coefficient (Wildman–Crippen LogP) is 6.79. The Morgan fingerprint density at radius 2 is 1.94 bits per heavy atom. The zero-order valence-electron chi connectivity index (χ0n) is 18.3. The van der Waals surface area contributed by atoms with Crippen LogP contribution in [0.5, 0.6) is 11.5 Å². The molecule has 0 N–H and O–H groups in total. The Labute approximate surface area is 205 Å². The van der Waals surface area contributed by atoms with Crippen molar-refractivity contribution in [2.24, 2.45) is 5.92 Å². The van der Waals surface area contributed by atoms with E-state index in [9.17, 15) is 14.0 Å². The summed E-state index contributed by atoms with van der Waals surface area (Å²) in [7, 11) is 1.51. The molecule has 174 valence electrons. The Morgan fingerprint density at radius 3 is 2.67 bits per heavy atom. The largest absolute Gasteiger partial charge is 0.493 e. The van der Waals surface area contributed by atoms with Gasteiger partial charge in [0.05, 0.1) is 16.5 Å². The van der Waals surface area contributed by atoms with Gasteiger partial charge < -0.3 is 9.47 Å². The number of ether oxygens (including phenoxy) is 2. The highest BCUT2D eigenvalue weighted by Gasteiger charge is 2.36. The number of hydrogen-bond acceptors (Lipinski definition) is 5. The van der Waals surface area contributed by atoms with Crippen molar-refractivity contribution in [3.05, 3.63) is 62.7 Å². The van der Waals surface area contributed by atoms with E-state index in [2.05, 4.69) is 15.9 Å². The number of methoxy groups -OCH3 is 1. The van der Waals surface area contributed by atoms with Gasteiger partial charge in [-0.1, -0.05) is 37.5 Å². The van der Waals surface area contributed by atoms with Crippen LogP contribution in [0.1, 0.15) is 43.2 Å². The Bertz CT molecular complexity index is 1080. The van der Waals surface area contributed by atoms with Crippen LogP contribution in [-0.2, 0) is 11.4 Å². The molecule has 1 saturated heterocycles. The van der Waals surface area contributed by atoms with Crippen LogP contribution in [0.2, 0.25) is 0 Å². The highest BCUT2D eigenvalue weighted by molar-refractivity contribution is 9.10. The highest BCUT2D eigenvalue weighted by atomic mass is 79.9. The van der Waals surface area contributed by atoms with E-state index in [1.54, 1.807) is 36.4 Å². The van der Waals surface area contributed by atoms with Crippen molar-refractivity contribution in [3.63, 3.8) is 0 Å². The Hall–Kier alpha value is -2.32. The minimum absolute atomic E-state index is 0.0427. The molecule has 1 saturated carbocycles. The van der Waals surface area contributed by atoms with Gasteiger partial charge in [0, 0.05) is 12.1 Å². The van der Waals surface area contributed by atoms with Gasteiger partial charge in [-0.05, 0) is 76.3 Å². The van der Waals surface area contributed by atoms with Gasteiger partial charge in [0.1, 0.15) is 12.4 Å². The second kappa shape index (κ2) is 10.7. The third-order valence-corrected chi connectivity index (χ3v) is 7.41. The van der Waals surface area contributed by atoms with Crippen LogP contribution in [0.3, 0.4) is 0 Å². The maximum Gasteiger partial charge on any atom is 0.293 e. The zero-order valence-corrected chi connectivity index (χ0v) is 20.7. The summed E-state index contributed by atoms with van der Waals surface area (Å²) in [5.41, 5.74) is 1.13. The second-order valence-electron chi connectivity index (χ2n) is 8.21. The topological polar surface area (TPSA) is 55.8 Å². The third kappa shape index (κ3) is 5.61. The third-order valence-electron chi connectivity index (χ3n) is 5.92. The zero-order chi connectivity index (χ0) is 23.4. The van der Waals surface area contributed by atoms with Gasteiger partial charge in [0.15, 0.2) is 11.5 Å². The summed E-state index contributed by atoms with van der Waals surface area (Å²) in [6.07, 6.45) is 7.39.